The highest BCUT2D eigenvalue weighted by atomic mass is 16.4. The average Bonchev–Trinajstić information content (AvgIpc) is 2.58. The van der Waals surface area contributed by atoms with Crippen LogP contribution in [0.1, 0.15) is 40.0 Å². The SMILES string of the molecule is C=CCC(=O)N[C@H](C(=O)NC(C)C(=O)N1CCCC(C(=O)O)N1)C(C)C. The normalized spacial score (nSPS) is 19.4. The van der Waals surface area contributed by atoms with Gasteiger partial charge in [-0.15, -0.1) is 6.58 Å². The number of aliphatic carboxylic acids is 1. The molecule has 1 aliphatic rings. The fourth-order valence-electron chi connectivity index (χ4n) is 2.62. The zero-order valence-electron chi connectivity index (χ0n) is 15.4. The fourth-order valence-corrected chi connectivity index (χ4v) is 2.62. The molecule has 146 valence electrons. The van der Waals surface area contributed by atoms with E-state index in [9.17, 15) is 19.2 Å². The molecule has 0 aromatic rings. The molecule has 1 fully saturated rings. The van der Waals surface area contributed by atoms with Crippen molar-refractivity contribution >= 4 is 23.7 Å². The number of carboxylic acid groups (broad SMARTS) is 1. The molecule has 0 radical (unpaired) electrons. The van der Waals surface area contributed by atoms with Crippen LogP contribution in [0.2, 0.25) is 0 Å². The van der Waals surface area contributed by atoms with Gasteiger partial charge in [0.1, 0.15) is 18.1 Å². The van der Waals surface area contributed by atoms with Crippen LogP contribution in [0.3, 0.4) is 0 Å². The first kappa shape index (κ1) is 21.6. The minimum Gasteiger partial charge on any atom is -0.480 e. The molecule has 4 N–H and O–H groups in total. The molecule has 3 atom stereocenters. The average molecular weight is 368 g/mol. The molecule has 3 amide bonds. The monoisotopic (exact) mass is 368 g/mol. The Morgan fingerprint density at radius 3 is 2.46 bits per heavy atom. The predicted octanol–water partition coefficient (Wildman–Crippen LogP) is -0.212. The van der Waals surface area contributed by atoms with E-state index in [1.165, 1.54) is 18.0 Å². The van der Waals surface area contributed by atoms with Gasteiger partial charge in [-0.1, -0.05) is 19.9 Å². The van der Waals surface area contributed by atoms with E-state index in [2.05, 4.69) is 22.6 Å². The number of nitrogens with zero attached hydrogens (tertiary/aromatic N) is 1. The van der Waals surface area contributed by atoms with Crippen LogP contribution in [0.25, 0.3) is 0 Å². The van der Waals surface area contributed by atoms with Crippen molar-refractivity contribution < 1.29 is 24.3 Å². The van der Waals surface area contributed by atoms with E-state index >= 15 is 0 Å². The molecule has 0 aliphatic carbocycles. The summed E-state index contributed by atoms with van der Waals surface area (Å²) in [5.41, 5.74) is 2.66. The first-order valence-electron chi connectivity index (χ1n) is 8.68. The number of rotatable bonds is 8. The van der Waals surface area contributed by atoms with Crippen LogP contribution in [-0.4, -0.2) is 58.5 Å². The lowest BCUT2D eigenvalue weighted by Crippen LogP contribution is -2.60. The van der Waals surface area contributed by atoms with Crippen LogP contribution in [0.15, 0.2) is 12.7 Å². The third-order valence-corrected chi connectivity index (χ3v) is 4.07. The molecule has 0 saturated carbocycles. The Kier molecular flexibility index (Phi) is 8.24. The zero-order chi connectivity index (χ0) is 19.9. The largest absolute Gasteiger partial charge is 0.480 e. The highest BCUT2D eigenvalue weighted by molar-refractivity contribution is 5.92. The second-order valence-corrected chi connectivity index (χ2v) is 6.66. The summed E-state index contributed by atoms with van der Waals surface area (Å²) >= 11 is 0. The molecule has 1 aliphatic heterocycles. The molecule has 0 spiro atoms. The van der Waals surface area contributed by atoms with E-state index in [1.807, 2.05) is 0 Å². The van der Waals surface area contributed by atoms with Crippen molar-refractivity contribution in [2.45, 2.75) is 58.2 Å². The van der Waals surface area contributed by atoms with E-state index in [-0.39, 0.29) is 18.2 Å². The Balaban J connectivity index is 2.68. The van der Waals surface area contributed by atoms with Crippen LogP contribution in [-0.2, 0) is 19.2 Å². The number of carbonyl (C=O) groups excluding carboxylic acids is 3. The van der Waals surface area contributed by atoms with E-state index < -0.39 is 35.9 Å². The van der Waals surface area contributed by atoms with Gasteiger partial charge >= 0.3 is 5.97 Å². The second kappa shape index (κ2) is 9.91. The van der Waals surface area contributed by atoms with Crippen molar-refractivity contribution in [3.8, 4) is 0 Å². The first-order valence-corrected chi connectivity index (χ1v) is 8.68. The molecule has 0 aromatic carbocycles. The third kappa shape index (κ3) is 6.14. The Morgan fingerprint density at radius 1 is 1.27 bits per heavy atom. The fraction of sp³-hybridized carbons (Fsp3) is 0.647. The quantitative estimate of drug-likeness (QED) is 0.439. The number of hydrazine groups is 1. The Hall–Kier alpha value is -2.42. The van der Waals surface area contributed by atoms with Crippen molar-refractivity contribution in [1.29, 1.82) is 0 Å². The van der Waals surface area contributed by atoms with Crippen molar-refractivity contribution in [1.82, 2.24) is 21.1 Å². The van der Waals surface area contributed by atoms with Gasteiger partial charge in [-0.05, 0) is 25.7 Å². The van der Waals surface area contributed by atoms with E-state index in [0.717, 1.165) is 0 Å². The second-order valence-electron chi connectivity index (χ2n) is 6.66. The Morgan fingerprint density at radius 2 is 1.92 bits per heavy atom. The topological polar surface area (TPSA) is 128 Å². The molecule has 26 heavy (non-hydrogen) atoms. The van der Waals surface area contributed by atoms with E-state index in [1.54, 1.807) is 13.8 Å². The molecule has 0 bridgehead atoms. The smallest absolute Gasteiger partial charge is 0.322 e. The van der Waals surface area contributed by atoms with Crippen LogP contribution in [0, 0.1) is 5.92 Å². The number of hydrogen-bond donors (Lipinski definition) is 4. The van der Waals surface area contributed by atoms with Crippen molar-refractivity contribution in [2.75, 3.05) is 6.54 Å². The predicted molar refractivity (Wildman–Crippen MR) is 94.7 cm³/mol. The van der Waals surface area contributed by atoms with E-state index in [4.69, 9.17) is 5.11 Å². The number of nitrogens with one attached hydrogen (secondary N) is 3. The highest BCUT2D eigenvalue weighted by Gasteiger charge is 2.32. The minimum absolute atomic E-state index is 0.0965. The number of amides is 3. The number of carboxylic acids is 1. The Labute approximate surface area is 153 Å². The molecular weight excluding hydrogens is 340 g/mol. The first-order chi connectivity index (χ1) is 12.2. The lowest BCUT2D eigenvalue weighted by Gasteiger charge is -2.34. The highest BCUT2D eigenvalue weighted by Crippen LogP contribution is 2.09. The van der Waals surface area contributed by atoms with Crippen molar-refractivity contribution in [2.24, 2.45) is 5.92 Å². The zero-order valence-corrected chi connectivity index (χ0v) is 15.4. The number of carbonyl (C=O) groups is 4. The summed E-state index contributed by atoms with van der Waals surface area (Å²) in [7, 11) is 0. The van der Waals surface area contributed by atoms with Crippen LogP contribution in [0.5, 0.6) is 0 Å². The summed E-state index contributed by atoms with van der Waals surface area (Å²) in [4.78, 5) is 47.7. The minimum atomic E-state index is -1.02. The van der Waals surface area contributed by atoms with Crippen molar-refractivity contribution in [3.63, 3.8) is 0 Å². The maximum atomic E-state index is 12.5. The molecule has 2 unspecified atom stereocenters. The molecule has 1 rings (SSSR count). The summed E-state index contributed by atoms with van der Waals surface area (Å²) in [5, 5.41) is 15.5. The van der Waals surface area contributed by atoms with Gasteiger partial charge in [0.15, 0.2) is 0 Å². The molecule has 1 heterocycles. The summed E-state index contributed by atoms with van der Waals surface area (Å²) in [6.07, 6.45) is 2.53. The molecule has 1 saturated heterocycles. The van der Waals surface area contributed by atoms with Gasteiger partial charge in [-0.25, -0.2) is 5.43 Å². The van der Waals surface area contributed by atoms with Crippen LogP contribution >= 0.6 is 0 Å². The van der Waals surface area contributed by atoms with E-state index in [0.29, 0.717) is 19.4 Å². The van der Waals surface area contributed by atoms with Gasteiger partial charge < -0.3 is 15.7 Å². The van der Waals surface area contributed by atoms with Crippen molar-refractivity contribution in [3.05, 3.63) is 12.7 Å². The third-order valence-electron chi connectivity index (χ3n) is 4.07. The number of hydrogen-bond acceptors (Lipinski definition) is 5. The van der Waals surface area contributed by atoms with Crippen LogP contribution in [0.4, 0.5) is 0 Å². The van der Waals surface area contributed by atoms with Gasteiger partial charge in [0, 0.05) is 13.0 Å². The van der Waals surface area contributed by atoms with Crippen LogP contribution < -0.4 is 16.1 Å². The molecule has 0 aromatic heterocycles. The summed E-state index contributed by atoms with van der Waals surface area (Å²) in [6.45, 7) is 8.94. The lowest BCUT2D eigenvalue weighted by molar-refractivity contribution is -0.148. The maximum Gasteiger partial charge on any atom is 0.322 e. The maximum absolute atomic E-state index is 12.5. The summed E-state index contributed by atoms with van der Waals surface area (Å²) in [5.74, 6) is -2.41. The van der Waals surface area contributed by atoms with Gasteiger partial charge in [-0.2, -0.15) is 0 Å². The molecular formula is C17H28N4O5. The standard InChI is InChI=1S/C17H28N4O5/c1-5-7-13(22)19-14(10(2)3)15(23)18-11(4)16(24)21-9-6-8-12(20-21)17(25)26/h5,10-12,14,20H,1,6-9H2,2-4H3,(H,18,23)(H,19,22)(H,25,26)/t11?,12?,14-/m0/s1. The van der Waals surface area contributed by atoms with Gasteiger partial charge in [0.05, 0.1) is 0 Å². The van der Waals surface area contributed by atoms with Gasteiger partial charge in [0.2, 0.25) is 11.8 Å². The molecule has 9 heteroatoms. The lowest BCUT2D eigenvalue weighted by atomic mass is 10.0. The van der Waals surface area contributed by atoms with Gasteiger partial charge in [-0.3, -0.25) is 24.2 Å². The van der Waals surface area contributed by atoms with Gasteiger partial charge in [0.25, 0.3) is 5.91 Å². The molecule has 9 nitrogen and oxygen atoms in total. The Bertz CT molecular complexity index is 563. The summed E-state index contributed by atoms with van der Waals surface area (Å²) in [6, 6.07) is -2.46. The summed E-state index contributed by atoms with van der Waals surface area (Å²) < 4.78 is 0.